The third-order valence-electron chi connectivity index (χ3n) is 7.34. The highest BCUT2D eigenvalue weighted by atomic mass is 16.5. The average Bonchev–Trinajstić information content (AvgIpc) is 3.01. The number of aromatic nitrogens is 2. The van der Waals surface area contributed by atoms with Gasteiger partial charge in [-0.3, -0.25) is 10.2 Å². The maximum atomic E-state index is 13.8. The Morgan fingerprint density at radius 1 is 1.10 bits per heavy atom. The number of ether oxygens (including phenoxy) is 3. The number of nitriles is 1. The molecule has 2 aliphatic heterocycles. The number of anilines is 1. The maximum Gasteiger partial charge on any atom is 0.276 e. The molecular formula is C30H34N6O4. The van der Waals surface area contributed by atoms with Crippen LogP contribution in [0.2, 0.25) is 0 Å². The van der Waals surface area contributed by atoms with Gasteiger partial charge in [0.05, 0.1) is 43.2 Å². The molecule has 3 aromatic rings. The number of methoxy groups -OCH3 is 1. The molecule has 1 N–H and O–H groups in total. The van der Waals surface area contributed by atoms with Crippen LogP contribution in [0.25, 0.3) is 11.3 Å². The number of hydrogen-bond donors (Lipinski definition) is 1. The van der Waals surface area contributed by atoms with Crippen LogP contribution in [0.3, 0.4) is 0 Å². The lowest BCUT2D eigenvalue weighted by atomic mass is 10.0. The van der Waals surface area contributed by atoms with Crippen LogP contribution in [-0.4, -0.2) is 78.4 Å². The van der Waals surface area contributed by atoms with Gasteiger partial charge in [-0.1, -0.05) is 12.1 Å². The summed E-state index contributed by atoms with van der Waals surface area (Å²) in [5, 5.41) is 11.4. The zero-order valence-electron chi connectivity index (χ0n) is 22.9. The first-order chi connectivity index (χ1) is 19.6. The van der Waals surface area contributed by atoms with Crippen molar-refractivity contribution in [2.75, 3.05) is 45.9 Å². The minimum absolute atomic E-state index is 0.0351. The Hall–Kier alpha value is -4.20. The highest BCUT2D eigenvalue weighted by molar-refractivity contribution is 5.97. The van der Waals surface area contributed by atoms with Gasteiger partial charge in [-0.05, 0) is 69.4 Å². The van der Waals surface area contributed by atoms with Gasteiger partial charge < -0.3 is 19.1 Å². The summed E-state index contributed by atoms with van der Waals surface area (Å²) in [6.07, 6.45) is 4.90. The smallest absolute Gasteiger partial charge is 0.276 e. The van der Waals surface area contributed by atoms with E-state index >= 15 is 0 Å². The lowest BCUT2D eigenvalue weighted by Gasteiger charge is -2.37. The van der Waals surface area contributed by atoms with E-state index in [-0.39, 0.29) is 18.1 Å². The van der Waals surface area contributed by atoms with Crippen molar-refractivity contribution in [1.29, 1.82) is 5.26 Å². The van der Waals surface area contributed by atoms with E-state index in [9.17, 15) is 10.1 Å². The largest absolute Gasteiger partial charge is 0.496 e. The molecule has 2 aliphatic rings. The number of carbonyl (C=O) groups is 1. The molecule has 0 saturated carbocycles. The Balaban J connectivity index is 1.40. The molecule has 0 bridgehead atoms. The van der Waals surface area contributed by atoms with Crippen molar-refractivity contribution in [2.45, 2.75) is 37.8 Å². The molecule has 0 radical (unpaired) electrons. The second kappa shape index (κ2) is 12.8. The molecule has 2 fully saturated rings. The van der Waals surface area contributed by atoms with E-state index < -0.39 is 0 Å². The quantitative estimate of drug-likeness (QED) is 0.420. The summed E-state index contributed by atoms with van der Waals surface area (Å²) >= 11 is 0. The molecule has 10 heteroatoms. The summed E-state index contributed by atoms with van der Waals surface area (Å²) in [6, 6.07) is 16.6. The first-order valence-electron chi connectivity index (χ1n) is 13.6. The van der Waals surface area contributed by atoms with Crippen LogP contribution in [0.4, 0.5) is 5.95 Å². The number of hydrazine groups is 1. The van der Waals surface area contributed by atoms with Crippen LogP contribution in [-0.2, 0) is 4.74 Å². The van der Waals surface area contributed by atoms with Crippen molar-refractivity contribution in [2.24, 2.45) is 0 Å². The standard InChI is InChI=1S/C30H34N6O4/c1-35-15-10-23(11-16-35)36(29(37)25-5-3-4-6-28(25)38-2)34-30-32-14-9-26(33-30)21-7-8-27(22(19-21)20-31)40-24-12-17-39-18-13-24/h3-9,14,19,23-24H,10-13,15-18H2,1-2H3,(H,32,33,34). The molecular weight excluding hydrogens is 508 g/mol. The first-order valence-corrected chi connectivity index (χ1v) is 13.6. The number of amides is 1. The van der Waals surface area contributed by atoms with Crippen molar-refractivity contribution in [3.63, 3.8) is 0 Å². The normalized spacial score (nSPS) is 16.6. The highest BCUT2D eigenvalue weighted by Gasteiger charge is 2.30. The summed E-state index contributed by atoms with van der Waals surface area (Å²) in [7, 11) is 3.64. The van der Waals surface area contributed by atoms with Crippen molar-refractivity contribution in [3.8, 4) is 28.8 Å². The fraction of sp³-hybridized carbons (Fsp3) is 0.400. The van der Waals surface area contributed by atoms with Crippen molar-refractivity contribution in [3.05, 3.63) is 65.9 Å². The molecule has 2 aromatic carbocycles. The Labute approximate surface area is 234 Å². The van der Waals surface area contributed by atoms with Gasteiger partial charge >= 0.3 is 0 Å². The number of likely N-dealkylation sites (tertiary alicyclic amines) is 1. The molecule has 2 saturated heterocycles. The molecule has 40 heavy (non-hydrogen) atoms. The van der Waals surface area contributed by atoms with E-state index in [1.807, 2.05) is 24.3 Å². The van der Waals surface area contributed by atoms with Crippen LogP contribution >= 0.6 is 0 Å². The maximum absolute atomic E-state index is 13.8. The Morgan fingerprint density at radius 3 is 2.62 bits per heavy atom. The molecule has 1 aromatic heterocycles. The fourth-order valence-corrected chi connectivity index (χ4v) is 5.05. The highest BCUT2D eigenvalue weighted by Crippen LogP contribution is 2.29. The Bertz CT molecular complexity index is 1360. The van der Waals surface area contributed by atoms with Crippen LogP contribution in [0.5, 0.6) is 11.5 Å². The zero-order chi connectivity index (χ0) is 27.9. The van der Waals surface area contributed by atoms with E-state index in [1.165, 1.54) is 0 Å². The van der Waals surface area contributed by atoms with Gasteiger partial charge in [-0.15, -0.1) is 0 Å². The molecule has 1 amide bonds. The number of piperidine rings is 1. The SMILES string of the molecule is COc1ccccc1C(=O)N(Nc1nccc(-c2ccc(OC3CCOCC3)c(C#N)c2)n1)C1CCN(C)CC1. The summed E-state index contributed by atoms with van der Waals surface area (Å²) in [5.74, 6) is 1.15. The Morgan fingerprint density at radius 2 is 1.88 bits per heavy atom. The van der Waals surface area contributed by atoms with Crippen LogP contribution < -0.4 is 14.9 Å². The van der Waals surface area contributed by atoms with Gasteiger partial charge in [-0.25, -0.2) is 15.0 Å². The average molecular weight is 543 g/mol. The van der Waals surface area contributed by atoms with E-state index in [2.05, 4.69) is 28.4 Å². The molecule has 0 aliphatic carbocycles. The summed E-state index contributed by atoms with van der Waals surface area (Å²) in [5.41, 5.74) is 5.49. The van der Waals surface area contributed by atoms with Gasteiger partial charge in [0.15, 0.2) is 0 Å². The third-order valence-corrected chi connectivity index (χ3v) is 7.34. The lowest BCUT2D eigenvalue weighted by Crippen LogP contribution is -2.49. The minimum atomic E-state index is -0.206. The van der Waals surface area contributed by atoms with Crippen LogP contribution in [0.15, 0.2) is 54.7 Å². The van der Waals surface area contributed by atoms with Gasteiger partial charge in [0.2, 0.25) is 5.95 Å². The third kappa shape index (κ3) is 6.33. The molecule has 10 nitrogen and oxygen atoms in total. The molecule has 208 valence electrons. The van der Waals surface area contributed by atoms with Gasteiger partial charge in [0.1, 0.15) is 23.7 Å². The number of carbonyl (C=O) groups excluding carboxylic acids is 1. The van der Waals surface area contributed by atoms with E-state index in [0.29, 0.717) is 47.5 Å². The number of para-hydroxylation sites is 1. The predicted octanol–water partition coefficient (Wildman–Crippen LogP) is 4.15. The monoisotopic (exact) mass is 542 g/mol. The van der Waals surface area contributed by atoms with Crippen molar-refractivity contribution in [1.82, 2.24) is 19.9 Å². The van der Waals surface area contributed by atoms with E-state index in [4.69, 9.17) is 19.2 Å². The Kier molecular flexibility index (Phi) is 8.74. The van der Waals surface area contributed by atoms with Crippen molar-refractivity contribution >= 4 is 11.9 Å². The van der Waals surface area contributed by atoms with E-state index in [1.54, 1.807) is 42.6 Å². The number of rotatable bonds is 8. The van der Waals surface area contributed by atoms with Gasteiger partial charge in [0.25, 0.3) is 5.91 Å². The van der Waals surface area contributed by atoms with Crippen LogP contribution in [0, 0.1) is 11.3 Å². The lowest BCUT2D eigenvalue weighted by molar-refractivity contribution is 0.0254. The minimum Gasteiger partial charge on any atom is -0.496 e. The second-order valence-electron chi connectivity index (χ2n) is 10.0. The molecule has 3 heterocycles. The first kappa shape index (κ1) is 27.4. The fourth-order valence-electron chi connectivity index (χ4n) is 5.05. The zero-order valence-corrected chi connectivity index (χ0v) is 22.9. The summed E-state index contributed by atoms with van der Waals surface area (Å²) in [4.78, 5) is 25.2. The topological polar surface area (TPSA) is 113 Å². The van der Waals surface area contributed by atoms with E-state index in [0.717, 1.165) is 44.3 Å². The molecule has 0 spiro atoms. The molecule has 5 rings (SSSR count). The van der Waals surface area contributed by atoms with Gasteiger partial charge in [0, 0.05) is 24.6 Å². The van der Waals surface area contributed by atoms with Crippen molar-refractivity contribution < 1.29 is 19.0 Å². The summed E-state index contributed by atoms with van der Waals surface area (Å²) < 4.78 is 17.0. The number of nitrogens with zero attached hydrogens (tertiary/aromatic N) is 5. The molecule has 0 atom stereocenters. The number of benzene rings is 2. The summed E-state index contributed by atoms with van der Waals surface area (Å²) in [6.45, 7) is 3.08. The number of hydrogen-bond acceptors (Lipinski definition) is 9. The van der Waals surface area contributed by atoms with Crippen LogP contribution in [0.1, 0.15) is 41.6 Å². The van der Waals surface area contributed by atoms with Gasteiger partial charge in [-0.2, -0.15) is 5.26 Å². The second-order valence-corrected chi connectivity index (χ2v) is 10.0. The number of nitrogens with one attached hydrogen (secondary N) is 1. The molecule has 0 unspecified atom stereocenters. The predicted molar refractivity (Wildman–Crippen MR) is 150 cm³/mol.